The van der Waals surface area contributed by atoms with Crippen LogP contribution in [0.2, 0.25) is 0 Å². The Labute approximate surface area is 106 Å². The molecule has 1 aromatic carbocycles. The first-order valence-electron chi connectivity index (χ1n) is 5.99. The van der Waals surface area contributed by atoms with Crippen molar-refractivity contribution >= 4 is 0 Å². The number of halogens is 3. The summed E-state index contributed by atoms with van der Waals surface area (Å²) >= 11 is 0. The lowest BCUT2D eigenvalue weighted by molar-refractivity contribution is 0.151. The van der Waals surface area contributed by atoms with Gasteiger partial charge in [-0.15, -0.1) is 0 Å². The van der Waals surface area contributed by atoms with Crippen molar-refractivity contribution in [2.24, 2.45) is 11.3 Å². The van der Waals surface area contributed by atoms with Crippen molar-refractivity contribution < 1.29 is 13.2 Å². The molecular formula is C15H17F3. The third-order valence-corrected chi connectivity index (χ3v) is 3.91. The molecule has 0 aliphatic heterocycles. The van der Waals surface area contributed by atoms with Crippen molar-refractivity contribution in [1.82, 2.24) is 0 Å². The maximum atomic E-state index is 13.4. The molecule has 0 spiro atoms. The Bertz CT molecular complexity index is 489. The summed E-state index contributed by atoms with van der Waals surface area (Å²) in [7, 11) is 0. The minimum Gasteiger partial charge on any atom is -0.207 e. The van der Waals surface area contributed by atoms with E-state index in [1.54, 1.807) is 0 Å². The topological polar surface area (TPSA) is 0 Å². The van der Waals surface area contributed by atoms with E-state index in [-0.39, 0.29) is 22.8 Å². The smallest absolute Gasteiger partial charge is 0.207 e. The zero-order valence-electron chi connectivity index (χ0n) is 10.8. The number of rotatable bonds is 3. The van der Waals surface area contributed by atoms with Crippen molar-refractivity contribution in [2.45, 2.75) is 33.1 Å². The van der Waals surface area contributed by atoms with Gasteiger partial charge in [-0.25, -0.2) is 13.2 Å². The largest absolute Gasteiger partial charge is 0.263 e. The van der Waals surface area contributed by atoms with Gasteiger partial charge in [-0.05, 0) is 47.9 Å². The Kier molecular flexibility index (Phi) is 3.04. The fraction of sp³-hybridized carbons (Fsp3) is 0.467. The van der Waals surface area contributed by atoms with Crippen LogP contribution in [0, 0.1) is 17.2 Å². The average molecular weight is 254 g/mol. The van der Waals surface area contributed by atoms with Crippen LogP contribution < -0.4 is 0 Å². The summed E-state index contributed by atoms with van der Waals surface area (Å²) in [6.45, 7) is 9.98. The zero-order chi connectivity index (χ0) is 13.7. The Morgan fingerprint density at radius 1 is 1.28 bits per heavy atom. The molecule has 1 aromatic rings. The van der Waals surface area contributed by atoms with Gasteiger partial charge in [-0.3, -0.25) is 0 Å². The normalized spacial score (nSPS) is 25.3. The Morgan fingerprint density at radius 2 is 1.89 bits per heavy atom. The summed E-state index contributed by atoms with van der Waals surface area (Å²) in [5.74, 6) is -0.265. The first-order valence-corrected chi connectivity index (χ1v) is 5.99. The molecule has 0 bridgehead atoms. The van der Waals surface area contributed by atoms with E-state index in [1.165, 1.54) is 12.1 Å². The molecule has 0 aromatic heterocycles. The SMILES string of the molecule is C=C(C)C1C(c2cc(F)cc(C(F)F)c2)C1(C)C. The first-order chi connectivity index (χ1) is 8.25. The van der Waals surface area contributed by atoms with E-state index >= 15 is 0 Å². The summed E-state index contributed by atoms with van der Waals surface area (Å²) in [6, 6.07) is 3.68. The maximum absolute atomic E-state index is 13.4. The van der Waals surface area contributed by atoms with Crippen LogP contribution in [0.5, 0.6) is 0 Å². The summed E-state index contributed by atoms with van der Waals surface area (Å²) in [6.07, 6.45) is -2.63. The molecule has 1 saturated carbocycles. The zero-order valence-corrected chi connectivity index (χ0v) is 10.8. The highest BCUT2D eigenvalue weighted by Gasteiger charge is 2.58. The van der Waals surface area contributed by atoms with E-state index < -0.39 is 12.2 Å². The van der Waals surface area contributed by atoms with Gasteiger partial charge in [0.25, 0.3) is 6.43 Å². The van der Waals surface area contributed by atoms with Crippen LogP contribution in [0.25, 0.3) is 0 Å². The van der Waals surface area contributed by atoms with E-state index in [9.17, 15) is 13.2 Å². The first kappa shape index (κ1) is 13.2. The molecule has 0 amide bonds. The molecule has 3 heteroatoms. The molecule has 2 unspecified atom stereocenters. The second-order valence-corrected chi connectivity index (χ2v) is 5.74. The quantitative estimate of drug-likeness (QED) is 0.660. The number of alkyl halides is 2. The Morgan fingerprint density at radius 3 is 2.33 bits per heavy atom. The van der Waals surface area contributed by atoms with Crippen LogP contribution in [-0.4, -0.2) is 0 Å². The second-order valence-electron chi connectivity index (χ2n) is 5.74. The molecule has 1 aliphatic rings. The standard InChI is InChI=1S/C15H17F3/c1-8(2)12-13(15(12,3)4)9-5-10(14(17)18)7-11(16)6-9/h5-7,12-14H,1H2,2-4H3. The number of hydrogen-bond acceptors (Lipinski definition) is 0. The Balaban J connectivity index is 2.39. The van der Waals surface area contributed by atoms with Gasteiger partial charge in [-0.2, -0.15) is 0 Å². The van der Waals surface area contributed by atoms with Crippen molar-refractivity contribution in [3.63, 3.8) is 0 Å². The summed E-state index contributed by atoms with van der Waals surface area (Å²) in [5.41, 5.74) is 1.41. The average Bonchev–Trinajstić information content (AvgIpc) is 2.80. The van der Waals surface area contributed by atoms with Gasteiger partial charge in [0.2, 0.25) is 0 Å². The summed E-state index contributed by atoms with van der Waals surface area (Å²) in [4.78, 5) is 0. The van der Waals surface area contributed by atoms with Gasteiger partial charge in [0, 0.05) is 5.56 Å². The molecule has 98 valence electrons. The Hall–Kier alpha value is -1.25. The van der Waals surface area contributed by atoms with E-state index in [4.69, 9.17) is 0 Å². The lowest BCUT2D eigenvalue weighted by Gasteiger charge is -2.07. The van der Waals surface area contributed by atoms with E-state index in [2.05, 4.69) is 20.4 Å². The minimum atomic E-state index is -2.63. The van der Waals surface area contributed by atoms with Gasteiger partial charge in [0.05, 0.1) is 0 Å². The fourth-order valence-electron chi connectivity index (χ4n) is 3.12. The molecule has 0 radical (unpaired) electrons. The van der Waals surface area contributed by atoms with Gasteiger partial charge < -0.3 is 0 Å². The van der Waals surface area contributed by atoms with Gasteiger partial charge >= 0.3 is 0 Å². The summed E-state index contributed by atoms with van der Waals surface area (Å²) < 4.78 is 38.8. The minimum absolute atomic E-state index is 0.0288. The van der Waals surface area contributed by atoms with Crippen molar-refractivity contribution in [3.8, 4) is 0 Å². The molecule has 0 nitrogen and oxygen atoms in total. The van der Waals surface area contributed by atoms with Crippen LogP contribution in [-0.2, 0) is 0 Å². The van der Waals surface area contributed by atoms with Crippen LogP contribution in [0.3, 0.4) is 0 Å². The predicted molar refractivity (Wildman–Crippen MR) is 66.2 cm³/mol. The lowest BCUT2D eigenvalue weighted by atomic mass is 10.0. The molecule has 0 saturated heterocycles. The highest BCUT2D eigenvalue weighted by molar-refractivity contribution is 5.39. The summed E-state index contributed by atoms with van der Waals surface area (Å²) in [5, 5.41) is 0. The van der Waals surface area contributed by atoms with Crippen LogP contribution in [0.15, 0.2) is 30.4 Å². The van der Waals surface area contributed by atoms with Crippen LogP contribution in [0.4, 0.5) is 13.2 Å². The highest BCUT2D eigenvalue weighted by atomic mass is 19.3. The number of allylic oxidation sites excluding steroid dienone is 1. The molecule has 2 atom stereocenters. The molecule has 0 N–H and O–H groups in total. The monoisotopic (exact) mass is 254 g/mol. The highest BCUT2D eigenvalue weighted by Crippen LogP contribution is 2.67. The molecular weight excluding hydrogens is 237 g/mol. The third kappa shape index (κ3) is 2.06. The second kappa shape index (κ2) is 4.15. The molecule has 1 aliphatic carbocycles. The van der Waals surface area contributed by atoms with E-state index in [1.807, 2.05) is 6.92 Å². The lowest BCUT2D eigenvalue weighted by Crippen LogP contribution is -1.94. The van der Waals surface area contributed by atoms with Gasteiger partial charge in [-0.1, -0.05) is 26.0 Å². The van der Waals surface area contributed by atoms with E-state index in [0.717, 1.165) is 11.6 Å². The van der Waals surface area contributed by atoms with Gasteiger partial charge in [0.1, 0.15) is 5.82 Å². The number of hydrogen-bond donors (Lipinski definition) is 0. The molecule has 18 heavy (non-hydrogen) atoms. The third-order valence-electron chi connectivity index (χ3n) is 3.91. The van der Waals surface area contributed by atoms with Crippen molar-refractivity contribution in [1.29, 1.82) is 0 Å². The van der Waals surface area contributed by atoms with Crippen LogP contribution in [0.1, 0.15) is 44.2 Å². The van der Waals surface area contributed by atoms with Crippen LogP contribution >= 0.6 is 0 Å². The fourth-order valence-corrected chi connectivity index (χ4v) is 3.12. The molecule has 2 rings (SSSR count). The number of benzene rings is 1. The predicted octanol–water partition coefficient (Wildman–Crippen LogP) is 5.08. The maximum Gasteiger partial charge on any atom is 0.263 e. The van der Waals surface area contributed by atoms with E-state index in [0.29, 0.717) is 5.56 Å². The van der Waals surface area contributed by atoms with Crippen molar-refractivity contribution in [3.05, 3.63) is 47.3 Å². The van der Waals surface area contributed by atoms with Crippen molar-refractivity contribution in [2.75, 3.05) is 0 Å². The molecule has 0 heterocycles. The van der Waals surface area contributed by atoms with Gasteiger partial charge in [0.15, 0.2) is 0 Å². The molecule has 1 fully saturated rings.